The van der Waals surface area contributed by atoms with E-state index in [1.54, 1.807) is 37.5 Å². The van der Waals surface area contributed by atoms with Crippen molar-refractivity contribution in [2.45, 2.75) is 34.1 Å². The highest BCUT2D eigenvalue weighted by Gasteiger charge is 2.16. The van der Waals surface area contributed by atoms with Gasteiger partial charge < -0.3 is 14.6 Å². The van der Waals surface area contributed by atoms with Gasteiger partial charge in [-0.1, -0.05) is 31.2 Å². The molecule has 1 heterocycles. The number of nitrogens with zero attached hydrogens (tertiary/aromatic N) is 2. The van der Waals surface area contributed by atoms with E-state index in [-0.39, 0.29) is 5.57 Å². The Morgan fingerprint density at radius 1 is 1.16 bits per heavy atom. The minimum Gasteiger partial charge on any atom is -0.497 e. The first-order chi connectivity index (χ1) is 14.9. The molecule has 1 aromatic heterocycles. The highest BCUT2D eigenvalue weighted by atomic mass is 16.5. The zero-order valence-electron chi connectivity index (χ0n) is 18.6. The lowest BCUT2D eigenvalue weighted by atomic mass is 10.1. The number of ether oxygens (including phenoxy) is 1. The number of nitrogens with one attached hydrogen (secondary N) is 1. The van der Waals surface area contributed by atoms with Gasteiger partial charge in [0.2, 0.25) is 0 Å². The average molecular weight is 414 g/mol. The maximum Gasteiger partial charge on any atom is 0.266 e. The molecule has 0 saturated carbocycles. The Morgan fingerprint density at radius 2 is 1.90 bits per heavy atom. The van der Waals surface area contributed by atoms with Gasteiger partial charge in [0.15, 0.2) is 0 Å². The number of anilines is 1. The lowest BCUT2D eigenvalue weighted by Gasteiger charge is -2.17. The number of hydrogen-bond donors (Lipinski definition) is 1. The minimum atomic E-state index is -0.453. The third kappa shape index (κ3) is 4.54. The van der Waals surface area contributed by atoms with E-state index in [0.717, 1.165) is 23.4 Å². The lowest BCUT2D eigenvalue weighted by Crippen LogP contribution is -2.13. The number of hydrogen-bond acceptors (Lipinski definition) is 3. The fourth-order valence-corrected chi connectivity index (χ4v) is 3.81. The molecule has 31 heavy (non-hydrogen) atoms. The second kappa shape index (κ2) is 9.36. The van der Waals surface area contributed by atoms with Crippen molar-refractivity contribution in [2.75, 3.05) is 12.4 Å². The average Bonchev–Trinajstić information content (AvgIpc) is 3.04. The van der Waals surface area contributed by atoms with E-state index < -0.39 is 5.91 Å². The number of benzene rings is 2. The summed E-state index contributed by atoms with van der Waals surface area (Å²) in [4.78, 5) is 12.7. The van der Waals surface area contributed by atoms with Gasteiger partial charge in [0.1, 0.15) is 17.4 Å². The van der Waals surface area contributed by atoms with Crippen molar-refractivity contribution in [3.8, 4) is 17.5 Å². The molecule has 0 spiro atoms. The van der Waals surface area contributed by atoms with E-state index in [2.05, 4.69) is 41.9 Å². The summed E-state index contributed by atoms with van der Waals surface area (Å²) < 4.78 is 7.39. The fraction of sp³-hybridized carbons (Fsp3) is 0.231. The van der Waals surface area contributed by atoms with Crippen molar-refractivity contribution in [1.29, 1.82) is 5.26 Å². The van der Waals surface area contributed by atoms with Gasteiger partial charge in [-0.25, -0.2) is 0 Å². The SMILES string of the molecule is CCc1cccc(C)c1-n1c(C)cc(/C=C(/C#N)C(=O)Nc2cccc(OC)c2)c1C. The molecule has 158 valence electrons. The molecule has 5 nitrogen and oxygen atoms in total. The van der Waals surface area contributed by atoms with Crippen LogP contribution in [0.3, 0.4) is 0 Å². The molecule has 0 aliphatic rings. The highest BCUT2D eigenvalue weighted by Crippen LogP contribution is 2.28. The van der Waals surface area contributed by atoms with E-state index in [0.29, 0.717) is 11.4 Å². The molecule has 2 aromatic carbocycles. The number of carbonyl (C=O) groups is 1. The molecule has 3 aromatic rings. The summed E-state index contributed by atoms with van der Waals surface area (Å²) in [6.45, 7) is 8.30. The zero-order chi connectivity index (χ0) is 22.5. The van der Waals surface area contributed by atoms with Gasteiger partial charge in [0.25, 0.3) is 5.91 Å². The van der Waals surface area contributed by atoms with E-state index in [1.807, 2.05) is 26.0 Å². The maximum absolute atomic E-state index is 12.7. The Labute approximate surface area is 183 Å². The molecule has 0 saturated heterocycles. The quantitative estimate of drug-likeness (QED) is 0.427. The third-order valence-corrected chi connectivity index (χ3v) is 5.39. The molecule has 5 heteroatoms. The van der Waals surface area contributed by atoms with Crippen LogP contribution in [0.15, 0.2) is 54.1 Å². The number of aromatic nitrogens is 1. The predicted octanol–water partition coefficient (Wildman–Crippen LogP) is 5.52. The van der Waals surface area contributed by atoms with Crippen molar-refractivity contribution in [3.05, 3.63) is 82.2 Å². The van der Waals surface area contributed by atoms with E-state index >= 15 is 0 Å². The fourth-order valence-electron chi connectivity index (χ4n) is 3.81. The Kier molecular flexibility index (Phi) is 6.61. The molecule has 0 aliphatic carbocycles. The van der Waals surface area contributed by atoms with E-state index in [4.69, 9.17) is 4.74 Å². The predicted molar refractivity (Wildman–Crippen MR) is 125 cm³/mol. The third-order valence-electron chi connectivity index (χ3n) is 5.39. The number of carbonyl (C=O) groups excluding carboxylic acids is 1. The van der Waals surface area contributed by atoms with Crippen molar-refractivity contribution in [3.63, 3.8) is 0 Å². The summed E-state index contributed by atoms with van der Waals surface area (Å²) in [7, 11) is 1.57. The van der Waals surface area contributed by atoms with Crippen LogP contribution >= 0.6 is 0 Å². The summed E-state index contributed by atoms with van der Waals surface area (Å²) in [6.07, 6.45) is 2.57. The van der Waals surface area contributed by atoms with Crippen LogP contribution in [0.25, 0.3) is 11.8 Å². The van der Waals surface area contributed by atoms with Crippen LogP contribution in [0.4, 0.5) is 5.69 Å². The standard InChI is InChI=1S/C26H27N3O2/c1-6-20-10-7-9-17(2)25(20)29-18(3)13-21(19(29)4)14-22(16-27)26(30)28-23-11-8-12-24(15-23)31-5/h7-15H,6H2,1-5H3,(H,28,30)/b22-14-. The molecule has 0 fully saturated rings. The van der Waals surface area contributed by atoms with Gasteiger partial charge in [-0.2, -0.15) is 5.26 Å². The van der Waals surface area contributed by atoms with Crippen molar-refractivity contribution < 1.29 is 9.53 Å². The number of methoxy groups -OCH3 is 1. The van der Waals surface area contributed by atoms with Gasteiger partial charge in [0, 0.05) is 23.1 Å². The van der Waals surface area contributed by atoms with Crippen LogP contribution in [-0.4, -0.2) is 17.6 Å². The van der Waals surface area contributed by atoms with Crippen molar-refractivity contribution in [1.82, 2.24) is 4.57 Å². The van der Waals surface area contributed by atoms with Gasteiger partial charge in [-0.3, -0.25) is 4.79 Å². The Bertz CT molecular complexity index is 1200. The second-order valence-electron chi connectivity index (χ2n) is 7.45. The van der Waals surface area contributed by atoms with Gasteiger partial charge >= 0.3 is 0 Å². The molecule has 0 radical (unpaired) electrons. The normalized spacial score (nSPS) is 11.2. The van der Waals surface area contributed by atoms with E-state index in [1.165, 1.54) is 16.8 Å². The summed E-state index contributed by atoms with van der Waals surface area (Å²) >= 11 is 0. The summed E-state index contributed by atoms with van der Waals surface area (Å²) in [6, 6.07) is 17.4. The Morgan fingerprint density at radius 3 is 2.58 bits per heavy atom. The summed E-state index contributed by atoms with van der Waals surface area (Å²) in [5.41, 5.74) is 7.12. The topological polar surface area (TPSA) is 67.0 Å². The van der Waals surface area contributed by atoms with Crippen LogP contribution in [0.5, 0.6) is 5.75 Å². The molecule has 0 aliphatic heterocycles. The lowest BCUT2D eigenvalue weighted by molar-refractivity contribution is -0.112. The number of para-hydroxylation sites is 1. The first kappa shape index (κ1) is 21.9. The van der Waals surface area contributed by atoms with Crippen LogP contribution in [0, 0.1) is 32.1 Å². The van der Waals surface area contributed by atoms with E-state index in [9.17, 15) is 10.1 Å². The second-order valence-corrected chi connectivity index (χ2v) is 7.45. The monoisotopic (exact) mass is 413 g/mol. The summed E-state index contributed by atoms with van der Waals surface area (Å²) in [5, 5.41) is 12.4. The van der Waals surface area contributed by atoms with Crippen molar-refractivity contribution in [2.24, 2.45) is 0 Å². The Hall–Kier alpha value is -3.78. The first-order valence-electron chi connectivity index (χ1n) is 10.2. The molecular formula is C26H27N3O2. The molecule has 0 atom stereocenters. The molecule has 0 bridgehead atoms. The van der Waals surface area contributed by atoms with Gasteiger partial charge in [-0.15, -0.1) is 0 Å². The number of aryl methyl sites for hydroxylation is 3. The maximum atomic E-state index is 12.7. The number of amides is 1. The molecule has 1 amide bonds. The summed E-state index contributed by atoms with van der Waals surface area (Å²) in [5.74, 6) is 0.180. The number of nitriles is 1. The Balaban J connectivity index is 1.98. The molecular weight excluding hydrogens is 386 g/mol. The minimum absolute atomic E-state index is 0.0450. The largest absolute Gasteiger partial charge is 0.497 e. The zero-order valence-corrected chi connectivity index (χ0v) is 18.6. The first-order valence-corrected chi connectivity index (χ1v) is 10.2. The van der Waals surface area contributed by atoms with Gasteiger partial charge in [0.05, 0.1) is 12.8 Å². The number of rotatable bonds is 6. The smallest absolute Gasteiger partial charge is 0.266 e. The van der Waals surface area contributed by atoms with Gasteiger partial charge in [-0.05, 0) is 68.2 Å². The van der Waals surface area contributed by atoms with Crippen LogP contribution in [0.2, 0.25) is 0 Å². The molecule has 3 rings (SSSR count). The van der Waals surface area contributed by atoms with Crippen LogP contribution in [-0.2, 0) is 11.2 Å². The molecule has 1 N–H and O–H groups in total. The van der Waals surface area contributed by atoms with Crippen molar-refractivity contribution >= 4 is 17.7 Å². The highest BCUT2D eigenvalue weighted by molar-refractivity contribution is 6.09. The van der Waals surface area contributed by atoms with Crippen LogP contribution < -0.4 is 10.1 Å². The van der Waals surface area contributed by atoms with Crippen LogP contribution in [0.1, 0.15) is 35.0 Å². The molecule has 0 unspecified atom stereocenters.